The number of carboxylic acids is 1. The van der Waals surface area contributed by atoms with Gasteiger partial charge in [-0.25, -0.2) is 0 Å². The molecule has 78 valence electrons. The van der Waals surface area contributed by atoms with Crippen LogP contribution in [-0.4, -0.2) is 11.1 Å². The Morgan fingerprint density at radius 2 is 2.43 bits per heavy atom. The smallest absolute Gasteiger partial charge is 0.309 e. The summed E-state index contributed by atoms with van der Waals surface area (Å²) in [5, 5.41) is 9.19. The molecule has 0 spiro atoms. The molecular formula is C12H18O2. The zero-order valence-electron chi connectivity index (χ0n) is 8.92. The summed E-state index contributed by atoms with van der Waals surface area (Å²) in [5.74, 6) is 0.365. The van der Waals surface area contributed by atoms with Gasteiger partial charge < -0.3 is 5.11 Å². The molecule has 2 rings (SSSR count). The largest absolute Gasteiger partial charge is 0.481 e. The van der Waals surface area contributed by atoms with E-state index in [2.05, 4.69) is 13.0 Å². The van der Waals surface area contributed by atoms with Crippen LogP contribution in [0.1, 0.15) is 39.5 Å². The molecule has 0 aromatic heterocycles. The van der Waals surface area contributed by atoms with Gasteiger partial charge in [0.25, 0.3) is 0 Å². The Balaban J connectivity index is 2.17. The molecule has 2 aliphatic carbocycles. The third kappa shape index (κ3) is 1.20. The van der Waals surface area contributed by atoms with E-state index in [1.807, 2.05) is 6.92 Å². The van der Waals surface area contributed by atoms with Crippen molar-refractivity contribution in [3.8, 4) is 0 Å². The molecule has 2 fully saturated rings. The maximum absolute atomic E-state index is 11.2. The lowest BCUT2D eigenvalue weighted by molar-refractivity contribution is -0.150. The third-order valence-electron chi connectivity index (χ3n) is 4.10. The van der Waals surface area contributed by atoms with E-state index >= 15 is 0 Å². The summed E-state index contributed by atoms with van der Waals surface area (Å²) >= 11 is 0. The SMILES string of the molecule is CCC=C1CC2CC1CC2(C)C(=O)O. The first-order valence-corrected chi connectivity index (χ1v) is 5.50. The average Bonchev–Trinajstić information content (AvgIpc) is 2.62. The van der Waals surface area contributed by atoms with Gasteiger partial charge in [-0.05, 0) is 44.4 Å². The van der Waals surface area contributed by atoms with Crippen LogP contribution in [0.3, 0.4) is 0 Å². The number of aliphatic carboxylic acids is 1. The molecule has 14 heavy (non-hydrogen) atoms. The van der Waals surface area contributed by atoms with Gasteiger partial charge in [0.2, 0.25) is 0 Å². The van der Waals surface area contributed by atoms with Crippen molar-refractivity contribution in [2.24, 2.45) is 17.3 Å². The Morgan fingerprint density at radius 3 is 2.86 bits per heavy atom. The predicted molar refractivity (Wildman–Crippen MR) is 54.9 cm³/mol. The highest BCUT2D eigenvalue weighted by Gasteiger charge is 2.54. The molecule has 2 nitrogen and oxygen atoms in total. The van der Waals surface area contributed by atoms with Crippen LogP contribution in [0.2, 0.25) is 0 Å². The van der Waals surface area contributed by atoms with Crippen LogP contribution >= 0.6 is 0 Å². The van der Waals surface area contributed by atoms with Gasteiger partial charge >= 0.3 is 5.97 Å². The zero-order valence-corrected chi connectivity index (χ0v) is 8.92. The maximum Gasteiger partial charge on any atom is 0.309 e. The second kappa shape index (κ2) is 3.11. The Hall–Kier alpha value is -0.790. The van der Waals surface area contributed by atoms with E-state index in [9.17, 15) is 9.90 Å². The molecule has 3 atom stereocenters. The van der Waals surface area contributed by atoms with Crippen molar-refractivity contribution in [1.82, 2.24) is 0 Å². The van der Waals surface area contributed by atoms with Crippen molar-refractivity contribution in [2.75, 3.05) is 0 Å². The molecule has 0 aromatic rings. The van der Waals surface area contributed by atoms with Crippen LogP contribution < -0.4 is 0 Å². The Labute approximate surface area is 85.0 Å². The lowest BCUT2D eigenvalue weighted by atomic mass is 9.73. The predicted octanol–water partition coefficient (Wildman–Crippen LogP) is 2.84. The van der Waals surface area contributed by atoms with Crippen molar-refractivity contribution in [2.45, 2.75) is 39.5 Å². The summed E-state index contributed by atoms with van der Waals surface area (Å²) in [4.78, 5) is 11.2. The minimum absolute atomic E-state index is 0.391. The van der Waals surface area contributed by atoms with E-state index in [1.165, 1.54) is 5.57 Å². The summed E-state index contributed by atoms with van der Waals surface area (Å²) < 4.78 is 0. The number of carboxylic acid groups (broad SMARTS) is 1. The molecule has 0 saturated heterocycles. The summed E-state index contributed by atoms with van der Waals surface area (Å²) in [6.07, 6.45) is 6.38. The normalized spacial score (nSPS) is 43.4. The molecule has 0 aromatic carbocycles. The highest BCUT2D eigenvalue weighted by molar-refractivity contribution is 5.75. The van der Waals surface area contributed by atoms with E-state index in [0.29, 0.717) is 11.8 Å². The van der Waals surface area contributed by atoms with E-state index in [-0.39, 0.29) is 0 Å². The maximum atomic E-state index is 11.2. The van der Waals surface area contributed by atoms with Gasteiger partial charge in [0, 0.05) is 0 Å². The lowest BCUT2D eigenvalue weighted by Gasteiger charge is -2.30. The Bertz CT molecular complexity index is 293. The monoisotopic (exact) mass is 194 g/mol. The van der Waals surface area contributed by atoms with Crippen LogP contribution in [0.25, 0.3) is 0 Å². The second-order valence-corrected chi connectivity index (χ2v) is 4.95. The standard InChI is InChI=1S/C12H18O2/c1-3-4-8-5-10-6-9(8)7-12(10,2)11(13)14/h4,9-10H,3,5-7H2,1-2H3,(H,13,14). The number of rotatable bonds is 2. The van der Waals surface area contributed by atoms with Crippen LogP contribution in [0.4, 0.5) is 0 Å². The van der Waals surface area contributed by atoms with Crippen molar-refractivity contribution in [1.29, 1.82) is 0 Å². The van der Waals surface area contributed by atoms with Crippen molar-refractivity contribution < 1.29 is 9.90 Å². The number of fused-ring (bicyclic) bond motifs is 2. The minimum Gasteiger partial charge on any atom is -0.481 e. The van der Waals surface area contributed by atoms with E-state index in [4.69, 9.17) is 0 Å². The second-order valence-electron chi connectivity index (χ2n) is 4.95. The molecule has 1 N–H and O–H groups in total. The number of allylic oxidation sites excluding steroid dienone is 2. The lowest BCUT2D eigenvalue weighted by Crippen LogP contribution is -2.33. The van der Waals surface area contributed by atoms with E-state index in [0.717, 1.165) is 25.7 Å². The summed E-state index contributed by atoms with van der Waals surface area (Å²) in [7, 11) is 0. The Morgan fingerprint density at radius 1 is 1.71 bits per heavy atom. The molecule has 2 aliphatic rings. The van der Waals surface area contributed by atoms with E-state index in [1.54, 1.807) is 0 Å². The first kappa shape index (κ1) is 9.75. The molecule has 0 aliphatic heterocycles. The molecule has 0 radical (unpaired) electrons. The van der Waals surface area contributed by atoms with Crippen molar-refractivity contribution in [3.63, 3.8) is 0 Å². The highest BCUT2D eigenvalue weighted by atomic mass is 16.4. The number of hydrogen-bond donors (Lipinski definition) is 1. The third-order valence-corrected chi connectivity index (χ3v) is 4.10. The summed E-state index contributed by atoms with van der Waals surface area (Å²) in [5.41, 5.74) is 1.09. The molecule has 0 amide bonds. The van der Waals surface area contributed by atoms with Crippen molar-refractivity contribution >= 4 is 5.97 Å². The van der Waals surface area contributed by atoms with Crippen LogP contribution in [0.15, 0.2) is 11.6 Å². The highest BCUT2D eigenvalue weighted by Crippen LogP contribution is 2.58. The molecule has 2 heteroatoms. The molecule has 2 bridgehead atoms. The molecule has 3 unspecified atom stereocenters. The summed E-state index contributed by atoms with van der Waals surface area (Å²) in [6.45, 7) is 4.07. The number of carbonyl (C=O) groups is 1. The fourth-order valence-electron chi connectivity index (χ4n) is 3.18. The molecular weight excluding hydrogens is 176 g/mol. The minimum atomic E-state index is -0.597. The van der Waals surface area contributed by atoms with Crippen molar-refractivity contribution in [3.05, 3.63) is 11.6 Å². The zero-order chi connectivity index (χ0) is 10.3. The fraction of sp³-hybridized carbons (Fsp3) is 0.750. The fourth-order valence-corrected chi connectivity index (χ4v) is 3.18. The van der Waals surface area contributed by atoms with Crippen LogP contribution in [0, 0.1) is 17.3 Å². The topological polar surface area (TPSA) is 37.3 Å². The van der Waals surface area contributed by atoms with Gasteiger partial charge in [0.15, 0.2) is 0 Å². The first-order valence-electron chi connectivity index (χ1n) is 5.50. The number of hydrogen-bond acceptors (Lipinski definition) is 1. The van der Waals surface area contributed by atoms with Gasteiger partial charge in [0.05, 0.1) is 5.41 Å². The van der Waals surface area contributed by atoms with Gasteiger partial charge in [-0.3, -0.25) is 4.79 Å². The Kier molecular flexibility index (Phi) is 2.17. The van der Waals surface area contributed by atoms with Gasteiger partial charge in [-0.1, -0.05) is 18.6 Å². The van der Waals surface area contributed by atoms with Gasteiger partial charge in [-0.2, -0.15) is 0 Å². The van der Waals surface area contributed by atoms with Gasteiger partial charge in [0.1, 0.15) is 0 Å². The first-order chi connectivity index (χ1) is 6.58. The average molecular weight is 194 g/mol. The quantitative estimate of drug-likeness (QED) is 0.686. The van der Waals surface area contributed by atoms with Crippen LogP contribution in [-0.2, 0) is 4.79 Å². The van der Waals surface area contributed by atoms with E-state index < -0.39 is 11.4 Å². The molecule has 0 heterocycles. The van der Waals surface area contributed by atoms with Gasteiger partial charge in [-0.15, -0.1) is 0 Å². The summed E-state index contributed by atoms with van der Waals surface area (Å²) in [6, 6.07) is 0. The molecule has 2 saturated carbocycles. The van der Waals surface area contributed by atoms with Crippen LogP contribution in [0.5, 0.6) is 0 Å².